The largest absolute Gasteiger partial charge is 0.479 e. The molecule has 1 aliphatic heterocycles. The number of aliphatic hydroxyl groups excluding tert-OH is 1. The van der Waals surface area contributed by atoms with Crippen LogP contribution >= 0.6 is 0 Å². The second-order valence-electron chi connectivity index (χ2n) is 6.59. The Morgan fingerprint density at radius 3 is 2.39 bits per heavy atom. The van der Waals surface area contributed by atoms with Gasteiger partial charge in [0.1, 0.15) is 0 Å². The van der Waals surface area contributed by atoms with Gasteiger partial charge in [-0.2, -0.15) is 0 Å². The van der Waals surface area contributed by atoms with Gasteiger partial charge in [0.25, 0.3) is 5.91 Å². The molecule has 2 heterocycles. The molecule has 1 aromatic heterocycles. The molecule has 0 radical (unpaired) electrons. The molecular formula is C19H23N5O4. The third-order valence-electron chi connectivity index (χ3n) is 4.63. The van der Waals surface area contributed by atoms with E-state index in [1.165, 1.54) is 0 Å². The number of piperidine rings is 1. The van der Waals surface area contributed by atoms with Gasteiger partial charge in [0, 0.05) is 42.8 Å². The minimum absolute atomic E-state index is 0.323. The van der Waals surface area contributed by atoms with Crippen LogP contribution in [0.1, 0.15) is 23.2 Å². The number of nitrogens with one attached hydrogen (secondary N) is 2. The van der Waals surface area contributed by atoms with Crippen molar-refractivity contribution < 1.29 is 19.8 Å². The monoisotopic (exact) mass is 385 g/mol. The molecule has 9 nitrogen and oxygen atoms in total. The van der Waals surface area contributed by atoms with Crippen LogP contribution in [-0.4, -0.2) is 63.8 Å². The highest BCUT2D eigenvalue weighted by molar-refractivity contribution is 5.94. The quantitative estimate of drug-likeness (QED) is 0.549. The van der Waals surface area contributed by atoms with Crippen molar-refractivity contribution in [2.24, 2.45) is 0 Å². The first-order valence-corrected chi connectivity index (χ1v) is 9.10. The van der Waals surface area contributed by atoms with Crippen LogP contribution in [0.15, 0.2) is 42.7 Å². The summed E-state index contributed by atoms with van der Waals surface area (Å²) in [6.45, 7) is 1.42. The standard InChI is InChI=1S/C19H23N5O4/c25-16(18(27)28)12-22-17(26)13-2-4-15(5-3-13)24-10-6-14(7-11-24)23-19-20-8-1-9-21-19/h1-5,8-9,14,16,25H,6-7,10-12H2,(H,22,26)(H,27,28)(H,20,21,23). The van der Waals surface area contributed by atoms with E-state index in [0.29, 0.717) is 17.6 Å². The summed E-state index contributed by atoms with van der Waals surface area (Å²) in [6, 6.07) is 9.24. The van der Waals surface area contributed by atoms with E-state index < -0.39 is 18.0 Å². The van der Waals surface area contributed by atoms with Crippen LogP contribution in [0.5, 0.6) is 0 Å². The number of rotatable bonds is 7. The highest BCUT2D eigenvalue weighted by Crippen LogP contribution is 2.21. The van der Waals surface area contributed by atoms with Gasteiger partial charge in [-0.15, -0.1) is 0 Å². The molecule has 0 aliphatic carbocycles. The molecule has 9 heteroatoms. The van der Waals surface area contributed by atoms with Crippen molar-refractivity contribution >= 4 is 23.5 Å². The molecule has 2 aromatic rings. The number of hydrogen-bond donors (Lipinski definition) is 4. The first-order chi connectivity index (χ1) is 13.5. The Morgan fingerprint density at radius 1 is 1.14 bits per heavy atom. The molecule has 1 atom stereocenters. The molecule has 1 saturated heterocycles. The third-order valence-corrected chi connectivity index (χ3v) is 4.63. The van der Waals surface area contributed by atoms with E-state index in [-0.39, 0.29) is 6.54 Å². The number of hydrogen-bond acceptors (Lipinski definition) is 7. The molecule has 1 unspecified atom stereocenters. The second-order valence-corrected chi connectivity index (χ2v) is 6.59. The topological polar surface area (TPSA) is 128 Å². The first-order valence-electron chi connectivity index (χ1n) is 9.10. The molecule has 0 saturated carbocycles. The zero-order chi connectivity index (χ0) is 19.9. The van der Waals surface area contributed by atoms with E-state index in [2.05, 4.69) is 25.5 Å². The lowest BCUT2D eigenvalue weighted by Gasteiger charge is -2.34. The summed E-state index contributed by atoms with van der Waals surface area (Å²) >= 11 is 0. The molecular weight excluding hydrogens is 362 g/mol. The smallest absolute Gasteiger partial charge is 0.334 e. The number of aromatic nitrogens is 2. The number of anilines is 2. The average molecular weight is 385 g/mol. The Balaban J connectivity index is 1.49. The molecule has 148 valence electrons. The van der Waals surface area contributed by atoms with Crippen molar-refractivity contribution in [1.82, 2.24) is 15.3 Å². The van der Waals surface area contributed by atoms with E-state index in [9.17, 15) is 14.7 Å². The van der Waals surface area contributed by atoms with Crippen LogP contribution in [0.2, 0.25) is 0 Å². The predicted octanol–water partition coefficient (Wildman–Crippen LogP) is 0.733. The Labute approximate surface area is 162 Å². The van der Waals surface area contributed by atoms with Crippen molar-refractivity contribution in [2.45, 2.75) is 25.0 Å². The van der Waals surface area contributed by atoms with E-state index in [1.54, 1.807) is 30.6 Å². The Kier molecular flexibility index (Phi) is 6.38. The normalized spacial score (nSPS) is 15.7. The molecule has 0 bridgehead atoms. The number of carboxylic acids is 1. The Bertz CT molecular complexity index is 792. The fourth-order valence-corrected chi connectivity index (χ4v) is 3.04. The van der Waals surface area contributed by atoms with E-state index >= 15 is 0 Å². The molecule has 28 heavy (non-hydrogen) atoms. The first kappa shape index (κ1) is 19.6. The van der Waals surface area contributed by atoms with Crippen molar-refractivity contribution in [3.63, 3.8) is 0 Å². The summed E-state index contributed by atoms with van der Waals surface area (Å²) in [5, 5.41) is 23.6. The molecule has 1 fully saturated rings. The molecule has 0 spiro atoms. The minimum Gasteiger partial charge on any atom is -0.479 e. The van der Waals surface area contributed by atoms with E-state index in [0.717, 1.165) is 31.6 Å². The van der Waals surface area contributed by atoms with Crippen molar-refractivity contribution in [3.05, 3.63) is 48.3 Å². The van der Waals surface area contributed by atoms with Crippen LogP contribution in [0.3, 0.4) is 0 Å². The number of benzene rings is 1. The fourth-order valence-electron chi connectivity index (χ4n) is 3.04. The van der Waals surface area contributed by atoms with Crippen LogP contribution in [0.4, 0.5) is 11.6 Å². The molecule has 1 aliphatic rings. The number of nitrogens with zero attached hydrogens (tertiary/aromatic N) is 3. The number of carbonyl (C=O) groups is 2. The summed E-state index contributed by atoms with van der Waals surface area (Å²) in [7, 11) is 0. The maximum absolute atomic E-state index is 12.0. The zero-order valence-electron chi connectivity index (χ0n) is 15.3. The number of carbonyl (C=O) groups excluding carboxylic acids is 1. The molecule has 4 N–H and O–H groups in total. The average Bonchev–Trinajstić information content (AvgIpc) is 2.73. The van der Waals surface area contributed by atoms with Gasteiger partial charge in [-0.3, -0.25) is 4.79 Å². The lowest BCUT2D eigenvalue weighted by molar-refractivity contribution is -0.146. The van der Waals surface area contributed by atoms with Crippen LogP contribution in [-0.2, 0) is 4.79 Å². The molecule has 3 rings (SSSR count). The molecule has 1 aromatic carbocycles. The SMILES string of the molecule is O=C(NCC(O)C(=O)O)c1ccc(N2CCC(Nc3ncccn3)CC2)cc1. The van der Waals surface area contributed by atoms with Gasteiger partial charge in [0.2, 0.25) is 5.95 Å². The van der Waals surface area contributed by atoms with Gasteiger partial charge < -0.3 is 25.7 Å². The van der Waals surface area contributed by atoms with Gasteiger partial charge in [-0.25, -0.2) is 14.8 Å². The third kappa shape index (κ3) is 5.17. The number of aliphatic hydroxyl groups is 1. The van der Waals surface area contributed by atoms with E-state index in [1.807, 2.05) is 12.1 Å². The van der Waals surface area contributed by atoms with Gasteiger partial charge in [-0.1, -0.05) is 0 Å². The summed E-state index contributed by atoms with van der Waals surface area (Å²) < 4.78 is 0. The highest BCUT2D eigenvalue weighted by Gasteiger charge is 2.20. The maximum atomic E-state index is 12.0. The lowest BCUT2D eigenvalue weighted by atomic mass is 10.0. The minimum atomic E-state index is -1.61. The molecule has 1 amide bonds. The van der Waals surface area contributed by atoms with Crippen LogP contribution in [0, 0.1) is 0 Å². The summed E-state index contributed by atoms with van der Waals surface area (Å²) in [5.41, 5.74) is 1.44. The van der Waals surface area contributed by atoms with Crippen LogP contribution in [0.25, 0.3) is 0 Å². The Morgan fingerprint density at radius 2 is 1.79 bits per heavy atom. The van der Waals surface area contributed by atoms with Crippen molar-refractivity contribution in [2.75, 3.05) is 29.9 Å². The van der Waals surface area contributed by atoms with Gasteiger partial charge >= 0.3 is 5.97 Å². The Hall–Kier alpha value is -3.20. The fraction of sp³-hybridized carbons (Fsp3) is 0.368. The summed E-state index contributed by atoms with van der Waals surface area (Å²) in [5.74, 6) is -1.14. The zero-order valence-corrected chi connectivity index (χ0v) is 15.3. The lowest BCUT2D eigenvalue weighted by Crippen LogP contribution is -2.39. The highest BCUT2D eigenvalue weighted by atomic mass is 16.4. The number of amides is 1. The number of carboxylic acid groups (broad SMARTS) is 1. The van der Waals surface area contributed by atoms with Gasteiger partial charge in [0.05, 0.1) is 6.54 Å². The number of aliphatic carboxylic acids is 1. The second kappa shape index (κ2) is 9.14. The summed E-state index contributed by atoms with van der Waals surface area (Å²) in [6.07, 6.45) is 3.72. The maximum Gasteiger partial charge on any atom is 0.334 e. The predicted molar refractivity (Wildman–Crippen MR) is 103 cm³/mol. The van der Waals surface area contributed by atoms with Crippen molar-refractivity contribution in [3.8, 4) is 0 Å². The van der Waals surface area contributed by atoms with Crippen molar-refractivity contribution in [1.29, 1.82) is 0 Å². The van der Waals surface area contributed by atoms with Gasteiger partial charge in [-0.05, 0) is 43.2 Å². The van der Waals surface area contributed by atoms with Crippen LogP contribution < -0.4 is 15.5 Å². The van der Waals surface area contributed by atoms with E-state index in [4.69, 9.17) is 5.11 Å². The van der Waals surface area contributed by atoms with Gasteiger partial charge in [0.15, 0.2) is 6.10 Å². The summed E-state index contributed by atoms with van der Waals surface area (Å²) in [4.78, 5) is 33.2.